The van der Waals surface area contributed by atoms with Gasteiger partial charge in [0.15, 0.2) is 0 Å². The number of carboxylic acid groups (broad SMARTS) is 1. The molecule has 2 aliphatic carbocycles. The highest BCUT2D eigenvalue weighted by Crippen LogP contribution is 2.22. The van der Waals surface area contributed by atoms with Gasteiger partial charge in [0, 0.05) is 18.5 Å². The summed E-state index contributed by atoms with van der Waals surface area (Å²) in [7, 11) is 0. The molecule has 3 N–H and O–H groups in total. The second kappa shape index (κ2) is 14.5. The van der Waals surface area contributed by atoms with Crippen LogP contribution in [0, 0.1) is 12.3 Å². The third-order valence-electron chi connectivity index (χ3n) is 5.81. The normalized spacial score (nSPS) is 18.0. The highest BCUT2D eigenvalue weighted by Gasteiger charge is 2.20. The molecule has 1 amide bonds. The second-order valence-electron chi connectivity index (χ2n) is 8.34. The molecule has 0 saturated heterocycles. The molecule has 0 bridgehead atoms. The van der Waals surface area contributed by atoms with Crippen molar-refractivity contribution in [3.63, 3.8) is 0 Å². The maximum Gasteiger partial charge on any atom is 0.408 e. The van der Waals surface area contributed by atoms with Gasteiger partial charge in [0.25, 0.3) is 0 Å². The maximum atomic E-state index is 11.3. The summed E-state index contributed by atoms with van der Waals surface area (Å²) in [5.74, 6) is 0.987. The molecule has 0 spiro atoms. The van der Waals surface area contributed by atoms with Gasteiger partial charge in [-0.25, -0.2) is 9.59 Å². The Kier molecular flexibility index (Phi) is 11.6. The van der Waals surface area contributed by atoms with Crippen molar-refractivity contribution in [1.29, 1.82) is 0 Å². The Morgan fingerprint density at radius 3 is 2.03 bits per heavy atom. The molecular weight excluding hydrogens is 392 g/mol. The summed E-state index contributed by atoms with van der Waals surface area (Å²) in [6.45, 7) is 0.0784. The van der Waals surface area contributed by atoms with Crippen molar-refractivity contribution < 1.29 is 19.4 Å². The summed E-state index contributed by atoms with van der Waals surface area (Å²) in [4.78, 5) is 22.1. The predicted molar refractivity (Wildman–Crippen MR) is 122 cm³/mol. The summed E-state index contributed by atoms with van der Waals surface area (Å²) in [5, 5.41) is 14.8. The Labute approximate surface area is 186 Å². The molecule has 0 heterocycles. The highest BCUT2D eigenvalue weighted by molar-refractivity contribution is 5.80. The number of alkyl carbamates (subject to hydrolysis) is 1. The quantitative estimate of drug-likeness (QED) is 0.551. The van der Waals surface area contributed by atoms with Gasteiger partial charge < -0.3 is 20.5 Å². The van der Waals surface area contributed by atoms with Crippen LogP contribution in [0.4, 0.5) is 4.79 Å². The van der Waals surface area contributed by atoms with Crippen LogP contribution in [0.1, 0.15) is 76.2 Å². The van der Waals surface area contributed by atoms with E-state index in [9.17, 15) is 9.59 Å². The van der Waals surface area contributed by atoms with Gasteiger partial charge in [-0.3, -0.25) is 0 Å². The van der Waals surface area contributed by atoms with Gasteiger partial charge in [-0.2, -0.15) is 0 Å². The molecule has 1 aromatic carbocycles. The lowest BCUT2D eigenvalue weighted by Gasteiger charge is -2.30. The van der Waals surface area contributed by atoms with Crippen molar-refractivity contribution in [1.82, 2.24) is 10.6 Å². The van der Waals surface area contributed by atoms with E-state index in [1.807, 2.05) is 18.2 Å². The topological polar surface area (TPSA) is 87.7 Å². The van der Waals surface area contributed by atoms with Gasteiger partial charge in [0.1, 0.15) is 12.6 Å². The van der Waals surface area contributed by atoms with Crippen molar-refractivity contribution >= 4 is 12.1 Å². The first-order valence-corrected chi connectivity index (χ1v) is 11.5. The van der Waals surface area contributed by atoms with Crippen LogP contribution in [-0.4, -0.2) is 35.3 Å². The summed E-state index contributed by atoms with van der Waals surface area (Å²) < 4.78 is 4.87. The number of terminal acetylenes is 1. The van der Waals surface area contributed by atoms with E-state index in [4.69, 9.17) is 16.3 Å². The number of carbonyl (C=O) groups is 2. The Morgan fingerprint density at radius 2 is 1.55 bits per heavy atom. The minimum Gasteiger partial charge on any atom is -0.480 e. The first-order chi connectivity index (χ1) is 15.1. The van der Waals surface area contributed by atoms with Crippen molar-refractivity contribution in [2.75, 3.05) is 0 Å². The monoisotopic (exact) mass is 428 g/mol. The van der Waals surface area contributed by atoms with E-state index in [0.717, 1.165) is 17.6 Å². The molecule has 0 aliphatic heterocycles. The average Bonchev–Trinajstić information content (AvgIpc) is 2.80. The van der Waals surface area contributed by atoms with Crippen molar-refractivity contribution in [2.45, 2.75) is 95.4 Å². The smallest absolute Gasteiger partial charge is 0.408 e. The van der Waals surface area contributed by atoms with Crippen LogP contribution in [0.2, 0.25) is 0 Å². The summed E-state index contributed by atoms with van der Waals surface area (Å²) in [6, 6.07) is 9.68. The van der Waals surface area contributed by atoms with Crippen LogP contribution < -0.4 is 10.6 Å². The molecule has 0 aromatic heterocycles. The Balaban J connectivity index is 0.000000231. The standard InChI is InChI=1S/C13H13NO4.C12H23N/c1-2-6-11(12(15)16)14-13(17)18-9-10-7-4-3-5-8-10;1-3-7-11(8-4-1)13-12-9-5-2-6-10-12/h1,3-5,7-8,11H,6,9H2,(H,14,17)(H,15,16);11-13H,1-10H2/t11-;/m1./s1. The molecule has 0 unspecified atom stereocenters. The van der Waals surface area contributed by atoms with E-state index < -0.39 is 18.1 Å². The number of carboxylic acids is 1. The van der Waals surface area contributed by atoms with Crippen LogP contribution in [0.25, 0.3) is 0 Å². The first kappa shape index (κ1) is 24.7. The minimum atomic E-state index is -1.19. The summed E-state index contributed by atoms with van der Waals surface area (Å²) in [5.41, 5.74) is 0.816. The van der Waals surface area contributed by atoms with Gasteiger partial charge in [-0.1, -0.05) is 68.9 Å². The predicted octanol–water partition coefficient (Wildman–Crippen LogP) is 4.63. The fourth-order valence-electron chi connectivity index (χ4n) is 4.10. The number of nitrogens with one attached hydrogen (secondary N) is 2. The lowest BCUT2D eigenvalue weighted by molar-refractivity contribution is -0.139. The molecule has 1 atom stereocenters. The van der Waals surface area contributed by atoms with E-state index in [-0.39, 0.29) is 13.0 Å². The van der Waals surface area contributed by atoms with Gasteiger partial charge in [0.2, 0.25) is 0 Å². The zero-order chi connectivity index (χ0) is 22.3. The zero-order valence-electron chi connectivity index (χ0n) is 18.4. The van der Waals surface area contributed by atoms with Crippen LogP contribution in [0.15, 0.2) is 30.3 Å². The van der Waals surface area contributed by atoms with E-state index in [2.05, 4.69) is 16.6 Å². The van der Waals surface area contributed by atoms with Gasteiger partial charge in [-0.05, 0) is 31.2 Å². The fraction of sp³-hybridized carbons (Fsp3) is 0.600. The SMILES string of the molecule is C#CC[C@@H](NC(=O)OCc1ccccc1)C(=O)O.C1CCC(NC2CCCCC2)CC1. The number of aliphatic carboxylic acids is 1. The van der Waals surface area contributed by atoms with Crippen LogP contribution in [0.3, 0.4) is 0 Å². The maximum absolute atomic E-state index is 11.3. The molecule has 3 rings (SSSR count). The Morgan fingerprint density at radius 1 is 1.00 bits per heavy atom. The molecule has 2 fully saturated rings. The molecule has 1 aromatic rings. The lowest BCUT2D eigenvalue weighted by Crippen LogP contribution is -2.40. The highest BCUT2D eigenvalue weighted by atomic mass is 16.5. The number of rotatable bonds is 7. The number of ether oxygens (including phenoxy) is 1. The van der Waals surface area contributed by atoms with Crippen molar-refractivity contribution in [3.8, 4) is 12.3 Å². The van der Waals surface area contributed by atoms with Gasteiger partial charge >= 0.3 is 12.1 Å². The van der Waals surface area contributed by atoms with E-state index >= 15 is 0 Å². The Bertz CT molecular complexity index is 673. The number of benzene rings is 1. The van der Waals surface area contributed by atoms with E-state index in [1.165, 1.54) is 64.2 Å². The van der Waals surface area contributed by atoms with E-state index in [1.54, 1.807) is 12.1 Å². The van der Waals surface area contributed by atoms with Crippen LogP contribution in [-0.2, 0) is 16.1 Å². The average molecular weight is 429 g/mol. The number of carbonyl (C=O) groups excluding carboxylic acids is 1. The molecular formula is C25H36N2O4. The first-order valence-electron chi connectivity index (χ1n) is 11.5. The van der Waals surface area contributed by atoms with Crippen molar-refractivity contribution in [3.05, 3.63) is 35.9 Å². The number of hydrogen-bond acceptors (Lipinski definition) is 4. The Hall–Kier alpha value is -2.52. The third kappa shape index (κ3) is 10.4. The fourth-order valence-corrected chi connectivity index (χ4v) is 4.10. The number of hydrogen-bond donors (Lipinski definition) is 3. The summed E-state index contributed by atoms with van der Waals surface area (Å²) in [6.07, 6.45) is 18.7. The van der Waals surface area contributed by atoms with Crippen LogP contribution in [0.5, 0.6) is 0 Å². The minimum absolute atomic E-state index is 0.0784. The molecule has 2 saturated carbocycles. The largest absolute Gasteiger partial charge is 0.480 e. The molecule has 0 radical (unpaired) electrons. The molecule has 6 nitrogen and oxygen atoms in total. The third-order valence-corrected chi connectivity index (χ3v) is 5.81. The summed E-state index contributed by atoms with van der Waals surface area (Å²) >= 11 is 0. The second-order valence-corrected chi connectivity index (χ2v) is 8.34. The lowest BCUT2D eigenvalue weighted by atomic mass is 9.91. The van der Waals surface area contributed by atoms with Gasteiger partial charge in [0.05, 0.1) is 0 Å². The zero-order valence-corrected chi connectivity index (χ0v) is 18.4. The van der Waals surface area contributed by atoms with Gasteiger partial charge in [-0.15, -0.1) is 12.3 Å². The molecule has 6 heteroatoms. The van der Waals surface area contributed by atoms with Crippen LogP contribution >= 0.6 is 0 Å². The molecule has 31 heavy (non-hydrogen) atoms. The number of amides is 1. The molecule has 2 aliphatic rings. The molecule has 170 valence electrons. The van der Waals surface area contributed by atoms with Crippen molar-refractivity contribution in [2.24, 2.45) is 0 Å². The van der Waals surface area contributed by atoms with E-state index in [0.29, 0.717) is 0 Å².